The van der Waals surface area contributed by atoms with E-state index in [1.54, 1.807) is 19.9 Å². The second-order valence-corrected chi connectivity index (χ2v) is 2.83. The summed E-state index contributed by atoms with van der Waals surface area (Å²) in [5, 5.41) is 6.05. The van der Waals surface area contributed by atoms with Crippen molar-refractivity contribution in [2.45, 2.75) is 20.8 Å². The van der Waals surface area contributed by atoms with E-state index >= 15 is 0 Å². The van der Waals surface area contributed by atoms with Crippen LogP contribution in [0.15, 0.2) is 6.07 Å². The zero-order chi connectivity index (χ0) is 10.0. The summed E-state index contributed by atoms with van der Waals surface area (Å²) >= 11 is 0. The highest BCUT2D eigenvalue weighted by Gasteiger charge is 2.10. The molecule has 0 spiro atoms. The lowest BCUT2D eigenvalue weighted by molar-refractivity contribution is -0.117. The Hall–Kier alpha value is -1.65. The minimum Gasteiger partial charge on any atom is -0.276 e. The van der Waals surface area contributed by atoms with Gasteiger partial charge in [-0.3, -0.25) is 10.1 Å². The van der Waals surface area contributed by atoms with E-state index in [9.17, 15) is 9.59 Å². The molecule has 5 nitrogen and oxygen atoms in total. The summed E-state index contributed by atoms with van der Waals surface area (Å²) in [6, 6.07) is 1.25. The lowest BCUT2D eigenvalue weighted by Crippen LogP contribution is -2.33. The molecule has 0 saturated carbocycles. The largest absolute Gasteiger partial charge is 0.348 e. The van der Waals surface area contributed by atoms with Gasteiger partial charge >= 0.3 is 6.03 Å². The first-order valence-electron chi connectivity index (χ1n) is 3.86. The topological polar surface area (TPSA) is 64.0 Å². The van der Waals surface area contributed by atoms with E-state index in [4.69, 9.17) is 0 Å². The van der Waals surface area contributed by atoms with Crippen molar-refractivity contribution in [1.82, 2.24) is 15.1 Å². The van der Waals surface area contributed by atoms with E-state index in [-0.39, 0.29) is 0 Å². The lowest BCUT2D eigenvalue weighted by atomic mass is 10.4. The summed E-state index contributed by atoms with van der Waals surface area (Å²) in [6.07, 6.45) is 0. The predicted molar refractivity (Wildman–Crippen MR) is 46.3 cm³/mol. The summed E-state index contributed by atoms with van der Waals surface area (Å²) in [6.45, 7) is 4.81. The van der Waals surface area contributed by atoms with Crippen molar-refractivity contribution in [1.29, 1.82) is 0 Å². The summed E-state index contributed by atoms with van der Waals surface area (Å²) < 4.78 is 1.16. The Bertz CT molecular complexity index is 354. The number of carbonyl (C=O) groups excluding carboxylic acids is 2. The van der Waals surface area contributed by atoms with Crippen LogP contribution in [-0.4, -0.2) is 21.7 Å². The number of hydrogen-bond acceptors (Lipinski definition) is 3. The van der Waals surface area contributed by atoms with E-state index in [2.05, 4.69) is 10.4 Å². The van der Waals surface area contributed by atoms with Crippen LogP contribution in [0.2, 0.25) is 0 Å². The van der Waals surface area contributed by atoms with Crippen molar-refractivity contribution >= 4 is 11.9 Å². The molecule has 0 saturated heterocycles. The van der Waals surface area contributed by atoms with Gasteiger partial charge in [0.05, 0.1) is 5.69 Å². The molecule has 70 valence electrons. The Kier molecular flexibility index (Phi) is 2.46. The molecule has 0 aliphatic carbocycles. The number of hydrogen-bond donors (Lipinski definition) is 1. The van der Waals surface area contributed by atoms with Crippen LogP contribution >= 0.6 is 0 Å². The third-order valence-electron chi connectivity index (χ3n) is 1.48. The molecule has 0 unspecified atom stereocenters. The fourth-order valence-electron chi connectivity index (χ4n) is 1.04. The molecule has 1 heterocycles. The summed E-state index contributed by atoms with van der Waals surface area (Å²) in [7, 11) is 0. The Balaban J connectivity index is 2.88. The molecule has 0 radical (unpaired) electrons. The lowest BCUT2D eigenvalue weighted by Gasteiger charge is -2.01. The maximum absolute atomic E-state index is 11.3. The van der Waals surface area contributed by atoms with Crippen molar-refractivity contribution in [2.75, 3.05) is 0 Å². The van der Waals surface area contributed by atoms with E-state index in [0.717, 1.165) is 10.4 Å². The number of nitrogens with one attached hydrogen (secondary N) is 1. The summed E-state index contributed by atoms with van der Waals surface area (Å²) in [5.41, 5.74) is 1.45. The number of carbonyl (C=O) groups is 2. The highest BCUT2D eigenvalue weighted by molar-refractivity contribution is 5.93. The van der Waals surface area contributed by atoms with Gasteiger partial charge in [-0.15, -0.1) is 0 Å². The normalized spacial score (nSPS) is 9.77. The van der Waals surface area contributed by atoms with Crippen LogP contribution in [0.4, 0.5) is 4.79 Å². The number of imide groups is 1. The number of aryl methyl sites for hydroxylation is 2. The van der Waals surface area contributed by atoms with Gasteiger partial charge in [-0.05, 0) is 19.9 Å². The second-order valence-electron chi connectivity index (χ2n) is 2.83. The Morgan fingerprint density at radius 3 is 2.46 bits per heavy atom. The van der Waals surface area contributed by atoms with Crippen molar-refractivity contribution in [3.05, 3.63) is 17.5 Å². The Morgan fingerprint density at radius 2 is 2.08 bits per heavy atom. The van der Waals surface area contributed by atoms with Gasteiger partial charge in [0.2, 0.25) is 5.91 Å². The minimum absolute atomic E-state index is 0.391. The number of aromatic nitrogens is 2. The Labute approximate surface area is 75.7 Å². The monoisotopic (exact) mass is 181 g/mol. The van der Waals surface area contributed by atoms with Gasteiger partial charge in [-0.25, -0.2) is 4.79 Å². The molecule has 0 aromatic carbocycles. The number of amides is 2. The fraction of sp³-hybridized carbons (Fsp3) is 0.375. The highest BCUT2D eigenvalue weighted by Crippen LogP contribution is 2.00. The predicted octanol–water partition coefficient (Wildman–Crippen LogP) is 0.604. The molecule has 1 aromatic rings. The van der Waals surface area contributed by atoms with Gasteiger partial charge < -0.3 is 0 Å². The zero-order valence-corrected chi connectivity index (χ0v) is 7.79. The first-order chi connectivity index (χ1) is 6.00. The quantitative estimate of drug-likeness (QED) is 0.637. The molecule has 1 aromatic heterocycles. The molecule has 0 aliphatic heterocycles. The van der Waals surface area contributed by atoms with Crippen LogP contribution < -0.4 is 5.32 Å². The molecule has 13 heavy (non-hydrogen) atoms. The number of rotatable bonds is 0. The van der Waals surface area contributed by atoms with Gasteiger partial charge in [0.15, 0.2) is 0 Å². The highest BCUT2D eigenvalue weighted by atomic mass is 16.2. The molecule has 1 rings (SSSR count). The molecular weight excluding hydrogens is 170 g/mol. The number of nitrogens with zero attached hydrogens (tertiary/aromatic N) is 2. The fourth-order valence-corrected chi connectivity index (χ4v) is 1.04. The standard InChI is InChI=1S/C8H11N3O2/c1-5-4-6(2)11(10-5)8(13)9-7(3)12/h4H,1-3H3,(H,9,12,13). The molecule has 0 aliphatic rings. The third-order valence-corrected chi connectivity index (χ3v) is 1.48. The molecule has 1 N–H and O–H groups in total. The van der Waals surface area contributed by atoms with Gasteiger partial charge in [-0.1, -0.05) is 0 Å². The Morgan fingerprint density at radius 1 is 1.46 bits per heavy atom. The molecule has 5 heteroatoms. The van der Waals surface area contributed by atoms with Crippen molar-refractivity contribution in [3.63, 3.8) is 0 Å². The van der Waals surface area contributed by atoms with E-state index < -0.39 is 11.9 Å². The van der Waals surface area contributed by atoms with Crippen molar-refractivity contribution in [2.24, 2.45) is 0 Å². The smallest absolute Gasteiger partial charge is 0.276 e. The average Bonchev–Trinajstić information content (AvgIpc) is 2.28. The maximum Gasteiger partial charge on any atom is 0.348 e. The third kappa shape index (κ3) is 2.14. The van der Waals surface area contributed by atoms with E-state index in [0.29, 0.717) is 5.69 Å². The zero-order valence-electron chi connectivity index (χ0n) is 7.79. The van der Waals surface area contributed by atoms with Crippen LogP contribution in [0, 0.1) is 13.8 Å². The molecular formula is C8H11N3O2. The van der Waals surface area contributed by atoms with E-state index in [1.165, 1.54) is 6.92 Å². The van der Waals surface area contributed by atoms with Gasteiger partial charge in [0.25, 0.3) is 0 Å². The molecule has 2 amide bonds. The van der Waals surface area contributed by atoms with Crippen LogP contribution in [-0.2, 0) is 4.79 Å². The average molecular weight is 181 g/mol. The molecule has 0 fully saturated rings. The minimum atomic E-state index is -0.516. The maximum atomic E-state index is 11.3. The summed E-state index contributed by atoms with van der Waals surface area (Å²) in [4.78, 5) is 21.8. The van der Waals surface area contributed by atoms with Crippen molar-refractivity contribution in [3.8, 4) is 0 Å². The van der Waals surface area contributed by atoms with Crippen LogP contribution in [0.25, 0.3) is 0 Å². The van der Waals surface area contributed by atoms with Crippen LogP contribution in [0.5, 0.6) is 0 Å². The first-order valence-corrected chi connectivity index (χ1v) is 3.86. The first kappa shape index (κ1) is 9.44. The van der Waals surface area contributed by atoms with Gasteiger partial charge in [-0.2, -0.15) is 9.78 Å². The SMILES string of the molecule is CC(=O)NC(=O)n1nc(C)cc1C. The molecule has 0 atom stereocenters. The van der Waals surface area contributed by atoms with Gasteiger partial charge in [0.1, 0.15) is 0 Å². The van der Waals surface area contributed by atoms with Gasteiger partial charge in [0, 0.05) is 12.6 Å². The van der Waals surface area contributed by atoms with E-state index in [1.807, 2.05) is 0 Å². The van der Waals surface area contributed by atoms with Crippen LogP contribution in [0.1, 0.15) is 18.3 Å². The second kappa shape index (κ2) is 3.38. The van der Waals surface area contributed by atoms with Crippen LogP contribution in [0.3, 0.4) is 0 Å². The van der Waals surface area contributed by atoms with Crippen molar-refractivity contribution < 1.29 is 9.59 Å². The summed E-state index contributed by atoms with van der Waals surface area (Å²) in [5.74, 6) is -0.391. The molecule has 0 bridgehead atoms.